The highest BCUT2D eigenvalue weighted by molar-refractivity contribution is 5.29. The van der Waals surface area contributed by atoms with E-state index in [2.05, 4.69) is 6.58 Å². The van der Waals surface area contributed by atoms with Gasteiger partial charge >= 0.3 is 0 Å². The Labute approximate surface area is 90.0 Å². The van der Waals surface area contributed by atoms with Crippen molar-refractivity contribution in [2.24, 2.45) is 0 Å². The lowest BCUT2D eigenvalue weighted by Crippen LogP contribution is -2.04. The molecule has 0 radical (unpaired) electrons. The maximum absolute atomic E-state index is 9.46. The smallest absolute Gasteiger partial charge is 0.119 e. The van der Waals surface area contributed by atoms with Crippen LogP contribution in [-0.2, 0) is 4.74 Å². The summed E-state index contributed by atoms with van der Waals surface area (Å²) >= 11 is 0. The van der Waals surface area contributed by atoms with Crippen molar-refractivity contribution in [1.82, 2.24) is 0 Å². The molecule has 82 valence electrons. The van der Waals surface area contributed by atoms with Crippen LogP contribution in [0.5, 0.6) is 5.75 Å². The molecule has 3 nitrogen and oxygen atoms in total. The third-order valence-electron chi connectivity index (χ3n) is 2.00. The molecule has 1 aromatic carbocycles. The second-order valence-corrected chi connectivity index (χ2v) is 3.09. The molecule has 1 rings (SSSR count). The Hall–Kier alpha value is -1.32. The van der Waals surface area contributed by atoms with Gasteiger partial charge in [0.15, 0.2) is 0 Å². The second-order valence-electron chi connectivity index (χ2n) is 3.09. The number of benzene rings is 1. The van der Waals surface area contributed by atoms with Gasteiger partial charge in [-0.2, -0.15) is 0 Å². The van der Waals surface area contributed by atoms with Crippen molar-refractivity contribution in [3.8, 4) is 5.75 Å². The second kappa shape index (κ2) is 6.22. The van der Waals surface area contributed by atoms with Crippen LogP contribution in [0.15, 0.2) is 36.9 Å². The minimum Gasteiger partial charge on any atom is -0.491 e. The molecule has 0 aliphatic heterocycles. The zero-order chi connectivity index (χ0) is 11.1. The third kappa shape index (κ3) is 3.73. The molecular formula is C12H16O3. The zero-order valence-corrected chi connectivity index (χ0v) is 8.85. The first kappa shape index (κ1) is 11.8. The monoisotopic (exact) mass is 208 g/mol. The lowest BCUT2D eigenvalue weighted by molar-refractivity contribution is 0.146. The van der Waals surface area contributed by atoms with E-state index in [0.717, 1.165) is 11.3 Å². The SMILES string of the molecule is C=CC(O)c1ccc(OCCOC)cc1. The van der Waals surface area contributed by atoms with Crippen LogP contribution < -0.4 is 4.74 Å². The van der Waals surface area contributed by atoms with Crippen molar-refractivity contribution < 1.29 is 14.6 Å². The van der Waals surface area contributed by atoms with Crippen LogP contribution in [0, 0.1) is 0 Å². The summed E-state index contributed by atoms with van der Waals surface area (Å²) in [5.74, 6) is 0.770. The molecule has 0 amide bonds. The topological polar surface area (TPSA) is 38.7 Å². The first-order valence-corrected chi connectivity index (χ1v) is 4.80. The summed E-state index contributed by atoms with van der Waals surface area (Å²) in [6.45, 7) is 4.62. The molecular weight excluding hydrogens is 192 g/mol. The highest BCUT2D eigenvalue weighted by atomic mass is 16.5. The van der Waals surface area contributed by atoms with E-state index >= 15 is 0 Å². The molecule has 0 saturated carbocycles. The van der Waals surface area contributed by atoms with Crippen molar-refractivity contribution >= 4 is 0 Å². The maximum Gasteiger partial charge on any atom is 0.119 e. The number of aliphatic hydroxyl groups is 1. The lowest BCUT2D eigenvalue weighted by atomic mass is 10.1. The standard InChI is InChI=1S/C12H16O3/c1-3-12(13)10-4-6-11(7-5-10)15-9-8-14-2/h3-7,12-13H,1,8-9H2,2H3. The largest absolute Gasteiger partial charge is 0.491 e. The summed E-state index contributed by atoms with van der Waals surface area (Å²) < 4.78 is 10.2. The van der Waals surface area contributed by atoms with Gasteiger partial charge in [0.25, 0.3) is 0 Å². The summed E-state index contributed by atoms with van der Waals surface area (Å²) in [4.78, 5) is 0. The van der Waals surface area contributed by atoms with Crippen molar-refractivity contribution in [1.29, 1.82) is 0 Å². The fourth-order valence-corrected chi connectivity index (χ4v) is 1.14. The summed E-state index contributed by atoms with van der Waals surface area (Å²) in [6, 6.07) is 7.26. The minimum atomic E-state index is -0.613. The fraction of sp³-hybridized carbons (Fsp3) is 0.333. The molecule has 0 spiro atoms. The van der Waals surface area contributed by atoms with Gasteiger partial charge in [0, 0.05) is 7.11 Å². The van der Waals surface area contributed by atoms with Gasteiger partial charge in [0.05, 0.1) is 12.7 Å². The molecule has 0 heterocycles. The average molecular weight is 208 g/mol. The van der Waals surface area contributed by atoms with Crippen molar-refractivity contribution in [2.75, 3.05) is 20.3 Å². The quantitative estimate of drug-likeness (QED) is 0.573. The summed E-state index contributed by atoms with van der Waals surface area (Å²) in [5, 5.41) is 9.46. The first-order chi connectivity index (χ1) is 7.27. The third-order valence-corrected chi connectivity index (χ3v) is 2.00. The van der Waals surface area contributed by atoms with Gasteiger partial charge in [-0.3, -0.25) is 0 Å². The number of hydrogen-bond donors (Lipinski definition) is 1. The molecule has 1 aromatic rings. The van der Waals surface area contributed by atoms with E-state index in [4.69, 9.17) is 9.47 Å². The number of methoxy groups -OCH3 is 1. The lowest BCUT2D eigenvalue weighted by Gasteiger charge is -2.08. The molecule has 0 bridgehead atoms. The van der Waals surface area contributed by atoms with E-state index in [0.29, 0.717) is 13.2 Å². The molecule has 0 aliphatic carbocycles. The average Bonchev–Trinajstić information content (AvgIpc) is 2.29. The number of rotatable bonds is 6. The van der Waals surface area contributed by atoms with E-state index in [1.807, 2.05) is 24.3 Å². The Morgan fingerprint density at radius 1 is 1.33 bits per heavy atom. The van der Waals surface area contributed by atoms with Gasteiger partial charge in [-0.15, -0.1) is 6.58 Å². The minimum absolute atomic E-state index is 0.528. The Morgan fingerprint density at radius 3 is 2.53 bits per heavy atom. The van der Waals surface area contributed by atoms with Gasteiger partial charge in [0.2, 0.25) is 0 Å². The van der Waals surface area contributed by atoms with E-state index < -0.39 is 6.10 Å². The van der Waals surface area contributed by atoms with Gasteiger partial charge in [-0.05, 0) is 17.7 Å². The van der Waals surface area contributed by atoms with Crippen LogP contribution in [-0.4, -0.2) is 25.4 Å². The summed E-state index contributed by atoms with van der Waals surface area (Å²) in [6.07, 6.45) is 0.874. The number of ether oxygens (including phenoxy) is 2. The molecule has 1 unspecified atom stereocenters. The predicted molar refractivity (Wildman–Crippen MR) is 59.0 cm³/mol. The highest BCUT2D eigenvalue weighted by Crippen LogP contribution is 2.18. The Balaban J connectivity index is 2.52. The van der Waals surface area contributed by atoms with E-state index in [-0.39, 0.29) is 0 Å². The Morgan fingerprint density at radius 2 is 2.00 bits per heavy atom. The van der Waals surface area contributed by atoms with Crippen LogP contribution in [0.3, 0.4) is 0 Å². The highest BCUT2D eigenvalue weighted by Gasteiger charge is 2.01. The van der Waals surface area contributed by atoms with E-state index in [1.54, 1.807) is 7.11 Å². The van der Waals surface area contributed by atoms with Gasteiger partial charge < -0.3 is 14.6 Å². The zero-order valence-electron chi connectivity index (χ0n) is 8.85. The van der Waals surface area contributed by atoms with Crippen LogP contribution >= 0.6 is 0 Å². The molecule has 0 fully saturated rings. The molecule has 0 saturated heterocycles. The molecule has 15 heavy (non-hydrogen) atoms. The van der Waals surface area contributed by atoms with Crippen LogP contribution in [0.4, 0.5) is 0 Å². The van der Waals surface area contributed by atoms with Gasteiger partial charge in [-0.25, -0.2) is 0 Å². The van der Waals surface area contributed by atoms with Crippen molar-refractivity contribution in [3.63, 3.8) is 0 Å². The number of hydrogen-bond acceptors (Lipinski definition) is 3. The van der Waals surface area contributed by atoms with Crippen LogP contribution in [0.2, 0.25) is 0 Å². The van der Waals surface area contributed by atoms with Gasteiger partial charge in [0.1, 0.15) is 12.4 Å². The normalized spacial score (nSPS) is 12.1. The van der Waals surface area contributed by atoms with Crippen molar-refractivity contribution in [3.05, 3.63) is 42.5 Å². The maximum atomic E-state index is 9.46. The fourth-order valence-electron chi connectivity index (χ4n) is 1.14. The molecule has 0 aliphatic rings. The number of aliphatic hydroxyl groups excluding tert-OH is 1. The van der Waals surface area contributed by atoms with Crippen LogP contribution in [0.25, 0.3) is 0 Å². The summed E-state index contributed by atoms with van der Waals surface area (Å²) in [7, 11) is 1.63. The van der Waals surface area contributed by atoms with E-state index in [9.17, 15) is 5.11 Å². The van der Waals surface area contributed by atoms with Crippen molar-refractivity contribution in [2.45, 2.75) is 6.10 Å². The van der Waals surface area contributed by atoms with Crippen LogP contribution in [0.1, 0.15) is 11.7 Å². The Kier molecular flexibility index (Phi) is 4.87. The molecule has 0 aromatic heterocycles. The molecule has 1 atom stereocenters. The first-order valence-electron chi connectivity index (χ1n) is 4.80. The summed E-state index contributed by atoms with van der Waals surface area (Å²) in [5.41, 5.74) is 0.809. The Bertz CT molecular complexity index is 292. The predicted octanol–water partition coefficient (Wildman–Crippen LogP) is 1.93. The van der Waals surface area contributed by atoms with Gasteiger partial charge in [-0.1, -0.05) is 18.2 Å². The van der Waals surface area contributed by atoms with E-state index in [1.165, 1.54) is 6.08 Å². The molecule has 1 N–H and O–H groups in total. The molecule has 3 heteroatoms.